The molecule has 3 rings (SSSR count). The Kier molecular flexibility index (Phi) is 12.7. The molecule has 226 valence electrons. The van der Waals surface area contributed by atoms with Crippen molar-refractivity contribution in [2.75, 3.05) is 30.3 Å². The molecule has 8 nitrogen and oxygen atoms in total. The van der Waals surface area contributed by atoms with Crippen molar-refractivity contribution in [2.24, 2.45) is 0 Å². The number of carbonyl (C=O) groups is 2. The van der Waals surface area contributed by atoms with E-state index in [2.05, 4.69) is 5.32 Å². The maximum Gasteiger partial charge on any atom is 0.264 e. The van der Waals surface area contributed by atoms with Gasteiger partial charge in [-0.1, -0.05) is 50.6 Å². The number of rotatable bonds is 16. The molecule has 2 amide bonds. The van der Waals surface area contributed by atoms with E-state index in [-0.39, 0.29) is 17.3 Å². The molecule has 0 saturated heterocycles. The van der Waals surface area contributed by atoms with Crippen LogP contribution in [-0.4, -0.2) is 57.1 Å². The molecule has 0 spiro atoms. The predicted molar refractivity (Wildman–Crippen MR) is 169 cm³/mol. The largest absolute Gasteiger partial charge is 0.494 e. The summed E-state index contributed by atoms with van der Waals surface area (Å²) >= 11 is 1.51. The van der Waals surface area contributed by atoms with E-state index in [1.807, 2.05) is 57.4 Å². The summed E-state index contributed by atoms with van der Waals surface area (Å²) in [6.45, 7) is 6.42. The summed E-state index contributed by atoms with van der Waals surface area (Å²) in [4.78, 5) is 29.9. The predicted octanol–water partition coefficient (Wildman–Crippen LogP) is 5.73. The number of hydrogen-bond donors (Lipinski definition) is 1. The van der Waals surface area contributed by atoms with Crippen molar-refractivity contribution in [2.45, 2.75) is 62.4 Å². The molecule has 0 aliphatic rings. The van der Waals surface area contributed by atoms with Gasteiger partial charge in [-0.2, -0.15) is 0 Å². The lowest BCUT2D eigenvalue weighted by Crippen LogP contribution is -2.52. The van der Waals surface area contributed by atoms with Crippen LogP contribution in [0.25, 0.3) is 0 Å². The number of nitrogens with one attached hydrogen (secondary N) is 1. The lowest BCUT2D eigenvalue weighted by molar-refractivity contribution is -0.140. The maximum atomic E-state index is 14.1. The van der Waals surface area contributed by atoms with Crippen molar-refractivity contribution in [3.05, 3.63) is 84.4 Å². The van der Waals surface area contributed by atoms with Crippen molar-refractivity contribution in [3.8, 4) is 5.75 Å². The highest BCUT2D eigenvalue weighted by Crippen LogP contribution is 2.28. The highest BCUT2D eigenvalue weighted by atomic mass is 32.2. The Morgan fingerprint density at radius 2 is 1.60 bits per heavy atom. The number of nitrogens with zero attached hydrogens (tertiary/aromatic N) is 2. The molecule has 0 fully saturated rings. The standard InChI is InChI=1S/C32H41N3O5S2/c1-5-8-22-33-32(37)30(6-2)34(23-25-12-10-9-11-13-25)31(36)24-35(26-14-16-27(17-15-26)40-7-3)42(38,39)29-20-18-28(41-4)19-21-29/h9-21,30H,5-8,22-24H2,1-4H3,(H,33,37)/t30-/m1/s1. The van der Waals surface area contributed by atoms with E-state index < -0.39 is 28.5 Å². The zero-order chi connectivity index (χ0) is 30.5. The van der Waals surface area contributed by atoms with Crippen molar-refractivity contribution < 1.29 is 22.7 Å². The molecule has 0 heterocycles. The lowest BCUT2D eigenvalue weighted by atomic mass is 10.1. The normalized spacial score (nSPS) is 11.9. The van der Waals surface area contributed by atoms with Crippen LogP contribution >= 0.6 is 11.8 Å². The molecule has 1 N–H and O–H groups in total. The van der Waals surface area contributed by atoms with E-state index >= 15 is 0 Å². The third-order valence-electron chi connectivity index (χ3n) is 6.77. The molecule has 42 heavy (non-hydrogen) atoms. The summed E-state index contributed by atoms with van der Waals surface area (Å²) < 4.78 is 34.7. The van der Waals surface area contributed by atoms with Gasteiger partial charge in [-0.05, 0) is 80.1 Å². The minimum Gasteiger partial charge on any atom is -0.494 e. The van der Waals surface area contributed by atoms with Crippen molar-refractivity contribution in [1.82, 2.24) is 10.2 Å². The van der Waals surface area contributed by atoms with Gasteiger partial charge in [0, 0.05) is 18.0 Å². The van der Waals surface area contributed by atoms with Crippen molar-refractivity contribution in [3.63, 3.8) is 0 Å². The molecule has 0 radical (unpaired) electrons. The Morgan fingerprint density at radius 3 is 2.17 bits per heavy atom. The number of anilines is 1. The van der Waals surface area contributed by atoms with Gasteiger partial charge in [-0.3, -0.25) is 13.9 Å². The number of carbonyl (C=O) groups excluding carboxylic acids is 2. The van der Waals surface area contributed by atoms with E-state index in [4.69, 9.17) is 4.74 Å². The van der Waals surface area contributed by atoms with Gasteiger partial charge >= 0.3 is 0 Å². The average Bonchev–Trinajstić information content (AvgIpc) is 3.01. The Morgan fingerprint density at radius 1 is 0.929 bits per heavy atom. The third kappa shape index (κ3) is 8.75. The number of hydrogen-bond acceptors (Lipinski definition) is 6. The Hall–Kier alpha value is -3.50. The van der Waals surface area contributed by atoms with Crippen LogP contribution in [0.5, 0.6) is 5.75 Å². The fourth-order valence-electron chi connectivity index (χ4n) is 4.48. The first kappa shape index (κ1) is 33.0. The number of thioether (sulfide) groups is 1. The fraction of sp³-hybridized carbons (Fsp3) is 0.375. The minimum absolute atomic E-state index is 0.0703. The summed E-state index contributed by atoms with van der Waals surface area (Å²) in [5, 5.41) is 2.95. The maximum absolute atomic E-state index is 14.1. The molecular weight excluding hydrogens is 571 g/mol. The zero-order valence-electron chi connectivity index (χ0n) is 24.8. The van der Waals surface area contributed by atoms with Crippen LogP contribution in [0.2, 0.25) is 0 Å². The fourth-order valence-corrected chi connectivity index (χ4v) is 6.31. The molecule has 3 aromatic carbocycles. The van der Waals surface area contributed by atoms with Crippen molar-refractivity contribution >= 4 is 39.3 Å². The first-order valence-corrected chi connectivity index (χ1v) is 16.9. The van der Waals surface area contributed by atoms with Crippen LogP contribution in [-0.2, 0) is 26.2 Å². The zero-order valence-corrected chi connectivity index (χ0v) is 26.4. The molecule has 1 atom stereocenters. The van der Waals surface area contributed by atoms with Crippen LogP contribution in [0.4, 0.5) is 5.69 Å². The third-order valence-corrected chi connectivity index (χ3v) is 9.30. The van der Waals surface area contributed by atoms with Gasteiger partial charge in [-0.25, -0.2) is 8.42 Å². The SMILES string of the molecule is CCCCNC(=O)[C@@H](CC)N(Cc1ccccc1)C(=O)CN(c1ccc(OCC)cc1)S(=O)(=O)c1ccc(SC)cc1. The summed E-state index contributed by atoms with van der Waals surface area (Å²) in [6, 6.07) is 21.8. The van der Waals surface area contributed by atoms with Gasteiger partial charge in [0.1, 0.15) is 18.3 Å². The van der Waals surface area contributed by atoms with Gasteiger partial charge in [0.05, 0.1) is 17.2 Å². The van der Waals surface area contributed by atoms with E-state index in [9.17, 15) is 18.0 Å². The molecule has 0 saturated carbocycles. The number of unbranched alkanes of at least 4 members (excludes halogenated alkanes) is 1. The molecule has 0 bridgehead atoms. The summed E-state index contributed by atoms with van der Waals surface area (Å²) in [5.41, 5.74) is 1.16. The molecule has 0 aromatic heterocycles. The minimum atomic E-state index is -4.14. The van der Waals surface area contributed by atoms with E-state index in [0.717, 1.165) is 27.6 Å². The second-order valence-corrected chi connectivity index (χ2v) is 12.4. The van der Waals surface area contributed by atoms with Crippen LogP contribution < -0.4 is 14.4 Å². The van der Waals surface area contributed by atoms with Crippen LogP contribution in [0.15, 0.2) is 88.7 Å². The van der Waals surface area contributed by atoms with Gasteiger partial charge in [0.2, 0.25) is 11.8 Å². The molecular formula is C32H41N3O5S2. The average molecular weight is 612 g/mol. The second-order valence-electron chi connectivity index (χ2n) is 9.69. The van der Waals surface area contributed by atoms with Gasteiger partial charge in [-0.15, -0.1) is 11.8 Å². The smallest absolute Gasteiger partial charge is 0.264 e. The highest BCUT2D eigenvalue weighted by Gasteiger charge is 2.33. The van der Waals surface area contributed by atoms with Gasteiger partial charge in [0.25, 0.3) is 10.0 Å². The Bertz CT molecular complexity index is 1380. The number of amides is 2. The number of benzene rings is 3. The van der Waals surface area contributed by atoms with E-state index in [1.54, 1.807) is 48.5 Å². The first-order valence-electron chi connectivity index (χ1n) is 14.3. The van der Waals surface area contributed by atoms with E-state index in [0.29, 0.717) is 31.0 Å². The van der Waals surface area contributed by atoms with Crippen LogP contribution in [0, 0.1) is 0 Å². The van der Waals surface area contributed by atoms with Crippen LogP contribution in [0.1, 0.15) is 45.6 Å². The Labute approximate surface area is 254 Å². The topological polar surface area (TPSA) is 96.0 Å². The molecule has 3 aromatic rings. The summed E-state index contributed by atoms with van der Waals surface area (Å²) in [5.74, 6) is -0.136. The Balaban J connectivity index is 2.03. The molecule has 0 aliphatic heterocycles. The lowest BCUT2D eigenvalue weighted by Gasteiger charge is -2.33. The number of ether oxygens (including phenoxy) is 1. The van der Waals surface area contributed by atoms with Gasteiger partial charge in [0.15, 0.2) is 0 Å². The number of sulfonamides is 1. The molecule has 10 heteroatoms. The quantitative estimate of drug-likeness (QED) is 0.164. The second kappa shape index (κ2) is 16.2. The van der Waals surface area contributed by atoms with Crippen molar-refractivity contribution in [1.29, 1.82) is 0 Å². The summed E-state index contributed by atoms with van der Waals surface area (Å²) in [6.07, 6.45) is 4.05. The summed E-state index contributed by atoms with van der Waals surface area (Å²) in [7, 11) is -4.14. The molecule has 0 unspecified atom stereocenters. The van der Waals surface area contributed by atoms with E-state index in [1.165, 1.54) is 16.7 Å². The highest BCUT2D eigenvalue weighted by molar-refractivity contribution is 7.98. The monoisotopic (exact) mass is 611 g/mol. The molecule has 0 aliphatic carbocycles. The van der Waals surface area contributed by atoms with Gasteiger partial charge < -0.3 is 15.0 Å². The van der Waals surface area contributed by atoms with Crippen LogP contribution in [0.3, 0.4) is 0 Å². The first-order chi connectivity index (χ1) is 20.2.